The Hall–Kier alpha value is -1.37. The lowest BCUT2D eigenvalue weighted by molar-refractivity contribution is 0.0951. The second kappa shape index (κ2) is 6.39. The molecule has 1 rings (SSSR count). The zero-order chi connectivity index (χ0) is 12.8. The second-order valence-electron chi connectivity index (χ2n) is 4.02. The summed E-state index contributed by atoms with van der Waals surface area (Å²) in [6, 6.07) is 6.43. The Morgan fingerprint density at radius 2 is 2.00 bits per heavy atom. The topological polar surface area (TPSA) is 72.8 Å². The summed E-state index contributed by atoms with van der Waals surface area (Å²) in [5.74, 6) is -0.296. The highest BCUT2D eigenvalue weighted by molar-refractivity contribution is 6.60. The Kier molecular flexibility index (Phi) is 5.15. The molecule has 6 heteroatoms. The van der Waals surface area contributed by atoms with Gasteiger partial charge in [-0.1, -0.05) is 18.2 Å². The number of carbonyl (C=O) groups is 1. The minimum Gasteiger partial charge on any atom is -0.423 e. The zero-order valence-corrected chi connectivity index (χ0v) is 10.1. The van der Waals surface area contributed by atoms with Crippen LogP contribution in [0.5, 0.6) is 0 Å². The fraction of sp³-hybridized carbons (Fsp3) is 0.364. The average molecular weight is 236 g/mol. The van der Waals surface area contributed by atoms with E-state index >= 15 is 0 Å². The van der Waals surface area contributed by atoms with E-state index in [4.69, 9.17) is 10.0 Å². The van der Waals surface area contributed by atoms with Gasteiger partial charge in [-0.3, -0.25) is 4.79 Å². The first-order valence-electron chi connectivity index (χ1n) is 5.40. The van der Waals surface area contributed by atoms with E-state index in [0.29, 0.717) is 12.1 Å². The normalized spacial score (nSPS) is 10.4. The van der Waals surface area contributed by atoms with Crippen LogP contribution in [0, 0.1) is 0 Å². The van der Waals surface area contributed by atoms with Gasteiger partial charge in [0.2, 0.25) is 0 Å². The van der Waals surface area contributed by atoms with Crippen molar-refractivity contribution in [2.75, 3.05) is 27.2 Å². The molecule has 0 saturated carbocycles. The van der Waals surface area contributed by atoms with Gasteiger partial charge in [0.05, 0.1) is 0 Å². The first-order chi connectivity index (χ1) is 8.02. The molecular formula is C11H17BN2O3. The van der Waals surface area contributed by atoms with Crippen molar-refractivity contribution in [1.82, 2.24) is 10.2 Å². The van der Waals surface area contributed by atoms with E-state index < -0.39 is 7.12 Å². The van der Waals surface area contributed by atoms with Crippen LogP contribution in [0.3, 0.4) is 0 Å². The SMILES string of the molecule is CN(C)CCNC(=O)c1ccccc1B(O)O. The highest BCUT2D eigenvalue weighted by Crippen LogP contribution is 1.97. The van der Waals surface area contributed by atoms with Crippen molar-refractivity contribution in [3.05, 3.63) is 29.8 Å². The lowest BCUT2D eigenvalue weighted by atomic mass is 9.77. The Balaban J connectivity index is 2.68. The lowest BCUT2D eigenvalue weighted by Gasteiger charge is -2.12. The number of carbonyl (C=O) groups excluding carboxylic acids is 1. The summed E-state index contributed by atoms with van der Waals surface area (Å²) in [5, 5.41) is 21.0. The third kappa shape index (κ3) is 4.18. The molecule has 1 amide bonds. The van der Waals surface area contributed by atoms with E-state index in [0.717, 1.165) is 6.54 Å². The van der Waals surface area contributed by atoms with E-state index in [1.54, 1.807) is 18.2 Å². The third-order valence-corrected chi connectivity index (χ3v) is 2.33. The van der Waals surface area contributed by atoms with Crippen molar-refractivity contribution >= 4 is 18.5 Å². The maximum absolute atomic E-state index is 11.8. The summed E-state index contributed by atoms with van der Waals surface area (Å²) >= 11 is 0. The smallest absolute Gasteiger partial charge is 0.423 e. The Labute approximate surface area is 101 Å². The molecule has 0 aliphatic carbocycles. The van der Waals surface area contributed by atoms with Crippen LogP contribution in [0.4, 0.5) is 0 Å². The molecule has 0 bridgehead atoms. The van der Waals surface area contributed by atoms with Crippen LogP contribution in [0.1, 0.15) is 10.4 Å². The molecule has 0 unspecified atom stereocenters. The van der Waals surface area contributed by atoms with E-state index in [1.165, 1.54) is 6.07 Å². The Morgan fingerprint density at radius 1 is 1.35 bits per heavy atom. The number of amides is 1. The first kappa shape index (κ1) is 13.7. The molecule has 0 aromatic heterocycles. The van der Waals surface area contributed by atoms with E-state index in [2.05, 4.69) is 5.32 Å². The fourth-order valence-electron chi connectivity index (χ4n) is 1.42. The predicted molar refractivity (Wildman–Crippen MR) is 67.2 cm³/mol. The highest BCUT2D eigenvalue weighted by Gasteiger charge is 2.19. The molecule has 5 nitrogen and oxygen atoms in total. The van der Waals surface area contributed by atoms with Gasteiger partial charge in [-0.15, -0.1) is 0 Å². The van der Waals surface area contributed by atoms with Gasteiger partial charge < -0.3 is 20.3 Å². The molecule has 1 aromatic carbocycles. The van der Waals surface area contributed by atoms with Gasteiger partial charge in [0.15, 0.2) is 0 Å². The minimum absolute atomic E-state index is 0.217. The number of hydrogen-bond acceptors (Lipinski definition) is 4. The molecule has 0 aliphatic rings. The van der Waals surface area contributed by atoms with Gasteiger partial charge in [-0.2, -0.15) is 0 Å². The Bertz CT molecular complexity index is 383. The maximum Gasteiger partial charge on any atom is 0.489 e. The van der Waals surface area contributed by atoms with Crippen LogP contribution in [0.15, 0.2) is 24.3 Å². The van der Waals surface area contributed by atoms with Crippen LogP contribution >= 0.6 is 0 Å². The van der Waals surface area contributed by atoms with Crippen LogP contribution < -0.4 is 10.8 Å². The molecule has 0 heterocycles. The Morgan fingerprint density at radius 3 is 2.59 bits per heavy atom. The number of benzene rings is 1. The molecule has 3 N–H and O–H groups in total. The third-order valence-electron chi connectivity index (χ3n) is 2.33. The molecule has 0 spiro atoms. The molecule has 0 atom stereocenters. The van der Waals surface area contributed by atoms with Gasteiger partial charge in [-0.25, -0.2) is 0 Å². The van der Waals surface area contributed by atoms with Gasteiger partial charge in [0.25, 0.3) is 5.91 Å². The number of hydrogen-bond donors (Lipinski definition) is 3. The standard InChI is InChI=1S/C11H17BN2O3/c1-14(2)8-7-13-11(15)9-5-3-4-6-10(9)12(16)17/h3-6,16-17H,7-8H2,1-2H3,(H,13,15). The van der Waals surface area contributed by atoms with Crippen molar-refractivity contribution < 1.29 is 14.8 Å². The predicted octanol–water partition coefficient (Wildman–Crippen LogP) is -1.34. The van der Waals surface area contributed by atoms with Crippen LogP contribution in [0.25, 0.3) is 0 Å². The molecule has 17 heavy (non-hydrogen) atoms. The van der Waals surface area contributed by atoms with Gasteiger partial charge in [0, 0.05) is 18.7 Å². The molecule has 0 radical (unpaired) electrons. The molecule has 0 aliphatic heterocycles. The molecular weight excluding hydrogens is 219 g/mol. The van der Waals surface area contributed by atoms with Gasteiger partial charge >= 0.3 is 7.12 Å². The van der Waals surface area contributed by atoms with Crippen molar-refractivity contribution in [1.29, 1.82) is 0 Å². The van der Waals surface area contributed by atoms with E-state index in [-0.39, 0.29) is 11.4 Å². The molecule has 0 saturated heterocycles. The first-order valence-corrected chi connectivity index (χ1v) is 5.40. The number of likely N-dealkylation sites (N-methyl/N-ethyl adjacent to an activating group) is 1. The van der Waals surface area contributed by atoms with E-state index in [1.807, 2.05) is 19.0 Å². The van der Waals surface area contributed by atoms with E-state index in [9.17, 15) is 4.79 Å². The van der Waals surface area contributed by atoms with Crippen molar-refractivity contribution in [3.63, 3.8) is 0 Å². The summed E-state index contributed by atoms with van der Waals surface area (Å²) in [4.78, 5) is 13.8. The molecule has 0 fully saturated rings. The molecule has 1 aromatic rings. The second-order valence-corrected chi connectivity index (χ2v) is 4.02. The van der Waals surface area contributed by atoms with Crippen LogP contribution in [-0.2, 0) is 0 Å². The monoisotopic (exact) mass is 236 g/mol. The number of nitrogens with one attached hydrogen (secondary N) is 1. The zero-order valence-electron chi connectivity index (χ0n) is 10.1. The summed E-state index contributed by atoms with van der Waals surface area (Å²) in [6.45, 7) is 1.25. The molecule has 92 valence electrons. The number of rotatable bonds is 5. The average Bonchev–Trinajstić information content (AvgIpc) is 2.28. The lowest BCUT2D eigenvalue weighted by Crippen LogP contribution is -2.39. The summed E-state index contributed by atoms with van der Waals surface area (Å²) in [5.41, 5.74) is 0.510. The van der Waals surface area contributed by atoms with Crippen LogP contribution in [0.2, 0.25) is 0 Å². The van der Waals surface area contributed by atoms with Crippen molar-refractivity contribution in [2.45, 2.75) is 0 Å². The quantitative estimate of drug-likeness (QED) is 0.553. The summed E-state index contributed by atoms with van der Waals surface area (Å²) in [7, 11) is 2.20. The van der Waals surface area contributed by atoms with Crippen molar-refractivity contribution in [3.8, 4) is 0 Å². The number of nitrogens with zero attached hydrogens (tertiary/aromatic N) is 1. The summed E-state index contributed by atoms with van der Waals surface area (Å²) < 4.78 is 0. The van der Waals surface area contributed by atoms with Gasteiger partial charge in [0.1, 0.15) is 0 Å². The van der Waals surface area contributed by atoms with Crippen molar-refractivity contribution in [2.24, 2.45) is 0 Å². The maximum atomic E-state index is 11.8. The van der Waals surface area contributed by atoms with Gasteiger partial charge in [-0.05, 0) is 25.6 Å². The minimum atomic E-state index is -1.63. The fourth-order valence-corrected chi connectivity index (χ4v) is 1.42. The highest BCUT2D eigenvalue weighted by atomic mass is 16.4. The largest absolute Gasteiger partial charge is 0.489 e. The summed E-state index contributed by atoms with van der Waals surface area (Å²) in [6.07, 6.45) is 0. The van der Waals surface area contributed by atoms with Crippen LogP contribution in [-0.4, -0.2) is 55.2 Å².